The normalized spacial score (nSPS) is 21.3. The Hall–Kier alpha value is -0.570. The van der Waals surface area contributed by atoms with Crippen LogP contribution in [0.1, 0.15) is 39.5 Å². The van der Waals surface area contributed by atoms with Gasteiger partial charge in [0.15, 0.2) is 0 Å². The molecule has 3 nitrogen and oxygen atoms in total. The lowest BCUT2D eigenvalue weighted by Crippen LogP contribution is -2.41. The third-order valence-electron chi connectivity index (χ3n) is 3.38. The fraction of sp³-hybridized carbons (Fsp3) is 0.917. The zero-order chi connectivity index (χ0) is 11.5. The SMILES string of the molecule is CN(C)C(=O)CNC1CCC(C)(C)CC1. The van der Waals surface area contributed by atoms with Crippen molar-refractivity contribution in [2.75, 3.05) is 20.6 Å². The molecule has 0 heterocycles. The standard InChI is InChI=1S/C12H24N2O/c1-12(2)7-5-10(6-8-12)13-9-11(15)14(3)4/h10,13H,5-9H2,1-4H3. The maximum absolute atomic E-state index is 11.4. The number of nitrogens with one attached hydrogen (secondary N) is 1. The van der Waals surface area contributed by atoms with E-state index in [1.807, 2.05) is 0 Å². The highest BCUT2D eigenvalue weighted by atomic mass is 16.2. The maximum atomic E-state index is 11.4. The Kier molecular flexibility index (Phi) is 4.14. The minimum atomic E-state index is 0.167. The summed E-state index contributed by atoms with van der Waals surface area (Å²) in [6.45, 7) is 5.14. The average Bonchev–Trinajstić information content (AvgIpc) is 2.15. The lowest BCUT2D eigenvalue weighted by molar-refractivity contribution is -0.127. The summed E-state index contributed by atoms with van der Waals surface area (Å²) in [5, 5.41) is 3.35. The van der Waals surface area contributed by atoms with E-state index in [9.17, 15) is 4.79 Å². The van der Waals surface area contributed by atoms with E-state index >= 15 is 0 Å². The highest BCUT2D eigenvalue weighted by Crippen LogP contribution is 2.34. The molecule has 1 aliphatic carbocycles. The molecule has 0 aliphatic heterocycles. The molecule has 15 heavy (non-hydrogen) atoms. The minimum absolute atomic E-state index is 0.167. The molecular formula is C12H24N2O. The lowest BCUT2D eigenvalue weighted by Gasteiger charge is -2.34. The van der Waals surface area contributed by atoms with Crippen molar-refractivity contribution >= 4 is 5.91 Å². The van der Waals surface area contributed by atoms with Crippen molar-refractivity contribution < 1.29 is 4.79 Å². The summed E-state index contributed by atoms with van der Waals surface area (Å²) in [6, 6.07) is 0.543. The van der Waals surface area contributed by atoms with Gasteiger partial charge in [-0.25, -0.2) is 0 Å². The number of hydrogen-bond acceptors (Lipinski definition) is 2. The van der Waals surface area contributed by atoms with E-state index in [1.54, 1.807) is 19.0 Å². The third-order valence-corrected chi connectivity index (χ3v) is 3.38. The third kappa shape index (κ3) is 4.20. The molecule has 1 aliphatic rings. The number of likely N-dealkylation sites (N-methyl/N-ethyl adjacent to an activating group) is 1. The Labute approximate surface area is 93.2 Å². The summed E-state index contributed by atoms with van der Waals surface area (Å²) < 4.78 is 0. The Morgan fingerprint density at radius 1 is 1.33 bits per heavy atom. The molecular weight excluding hydrogens is 188 g/mol. The van der Waals surface area contributed by atoms with E-state index in [2.05, 4.69) is 19.2 Å². The van der Waals surface area contributed by atoms with E-state index in [1.165, 1.54) is 25.7 Å². The van der Waals surface area contributed by atoms with Gasteiger partial charge >= 0.3 is 0 Å². The number of nitrogens with zero attached hydrogens (tertiary/aromatic N) is 1. The zero-order valence-electron chi connectivity index (χ0n) is 10.5. The Morgan fingerprint density at radius 2 is 1.87 bits per heavy atom. The molecule has 1 amide bonds. The molecule has 1 N–H and O–H groups in total. The van der Waals surface area contributed by atoms with Gasteiger partial charge in [0, 0.05) is 20.1 Å². The van der Waals surface area contributed by atoms with Crippen LogP contribution in [0.2, 0.25) is 0 Å². The largest absolute Gasteiger partial charge is 0.348 e. The molecule has 0 spiro atoms. The van der Waals surface area contributed by atoms with Crippen LogP contribution in [0, 0.1) is 5.41 Å². The van der Waals surface area contributed by atoms with Crippen molar-refractivity contribution in [3.63, 3.8) is 0 Å². The van der Waals surface area contributed by atoms with Crippen molar-refractivity contribution in [1.82, 2.24) is 10.2 Å². The number of rotatable bonds is 3. The molecule has 88 valence electrons. The van der Waals surface area contributed by atoms with Gasteiger partial charge in [0.25, 0.3) is 0 Å². The summed E-state index contributed by atoms with van der Waals surface area (Å²) >= 11 is 0. The molecule has 0 unspecified atom stereocenters. The zero-order valence-corrected chi connectivity index (χ0v) is 10.5. The average molecular weight is 212 g/mol. The summed E-state index contributed by atoms with van der Waals surface area (Å²) in [5.41, 5.74) is 0.504. The number of carbonyl (C=O) groups excluding carboxylic acids is 1. The molecule has 1 saturated carbocycles. The molecule has 0 bridgehead atoms. The van der Waals surface area contributed by atoms with Crippen LogP contribution >= 0.6 is 0 Å². The molecule has 0 aromatic rings. The van der Waals surface area contributed by atoms with E-state index < -0.39 is 0 Å². The summed E-state index contributed by atoms with van der Waals surface area (Å²) in [5.74, 6) is 0.167. The van der Waals surface area contributed by atoms with E-state index in [0.717, 1.165) is 0 Å². The highest BCUT2D eigenvalue weighted by molar-refractivity contribution is 5.77. The quantitative estimate of drug-likeness (QED) is 0.771. The van der Waals surface area contributed by atoms with Gasteiger partial charge in [0.1, 0.15) is 0 Å². The predicted octanol–water partition coefficient (Wildman–Crippen LogP) is 1.63. The van der Waals surface area contributed by atoms with Crippen LogP contribution in [0.4, 0.5) is 0 Å². The molecule has 0 aromatic carbocycles. The van der Waals surface area contributed by atoms with Crippen LogP contribution in [0.15, 0.2) is 0 Å². The maximum Gasteiger partial charge on any atom is 0.236 e. The first-order valence-electron chi connectivity index (χ1n) is 5.84. The van der Waals surface area contributed by atoms with Crippen LogP contribution in [-0.2, 0) is 4.79 Å². The van der Waals surface area contributed by atoms with Gasteiger partial charge in [0.05, 0.1) is 6.54 Å². The van der Waals surface area contributed by atoms with Crippen molar-refractivity contribution in [3.05, 3.63) is 0 Å². The molecule has 0 saturated heterocycles. The van der Waals surface area contributed by atoms with E-state index in [0.29, 0.717) is 18.0 Å². The van der Waals surface area contributed by atoms with E-state index in [-0.39, 0.29) is 5.91 Å². The van der Waals surface area contributed by atoms with Crippen molar-refractivity contribution in [2.45, 2.75) is 45.6 Å². The first-order valence-corrected chi connectivity index (χ1v) is 5.84. The first kappa shape index (κ1) is 12.5. The van der Waals surface area contributed by atoms with Crippen LogP contribution in [0.5, 0.6) is 0 Å². The minimum Gasteiger partial charge on any atom is -0.348 e. The number of amides is 1. The van der Waals surface area contributed by atoms with Crippen molar-refractivity contribution in [1.29, 1.82) is 0 Å². The van der Waals surface area contributed by atoms with Gasteiger partial charge in [0.2, 0.25) is 5.91 Å². The Morgan fingerprint density at radius 3 is 2.33 bits per heavy atom. The van der Waals surface area contributed by atoms with Crippen LogP contribution in [0.3, 0.4) is 0 Å². The fourth-order valence-electron chi connectivity index (χ4n) is 1.99. The summed E-state index contributed by atoms with van der Waals surface area (Å²) in [4.78, 5) is 13.0. The van der Waals surface area contributed by atoms with Crippen molar-refractivity contribution in [3.8, 4) is 0 Å². The number of carbonyl (C=O) groups is 1. The first-order chi connectivity index (χ1) is 6.91. The highest BCUT2D eigenvalue weighted by Gasteiger charge is 2.26. The van der Waals surface area contributed by atoms with Crippen LogP contribution < -0.4 is 5.32 Å². The molecule has 0 aromatic heterocycles. The van der Waals surface area contributed by atoms with Crippen LogP contribution in [-0.4, -0.2) is 37.5 Å². The molecule has 1 fully saturated rings. The lowest BCUT2D eigenvalue weighted by atomic mass is 9.75. The fourth-order valence-corrected chi connectivity index (χ4v) is 1.99. The van der Waals surface area contributed by atoms with Gasteiger partial charge in [-0.1, -0.05) is 13.8 Å². The summed E-state index contributed by atoms with van der Waals surface area (Å²) in [6.07, 6.45) is 4.93. The van der Waals surface area contributed by atoms with Gasteiger partial charge in [-0.15, -0.1) is 0 Å². The van der Waals surface area contributed by atoms with Gasteiger partial charge < -0.3 is 10.2 Å². The van der Waals surface area contributed by atoms with Gasteiger partial charge in [-0.05, 0) is 31.1 Å². The molecule has 0 radical (unpaired) electrons. The second-order valence-electron chi connectivity index (χ2n) is 5.61. The molecule has 3 heteroatoms. The van der Waals surface area contributed by atoms with Gasteiger partial charge in [-0.2, -0.15) is 0 Å². The molecule has 1 rings (SSSR count). The Bertz CT molecular complexity index is 214. The predicted molar refractivity (Wildman–Crippen MR) is 62.7 cm³/mol. The smallest absolute Gasteiger partial charge is 0.236 e. The second kappa shape index (κ2) is 4.97. The second-order valence-corrected chi connectivity index (χ2v) is 5.61. The topological polar surface area (TPSA) is 32.3 Å². The van der Waals surface area contributed by atoms with Gasteiger partial charge in [-0.3, -0.25) is 4.79 Å². The van der Waals surface area contributed by atoms with Crippen LogP contribution in [0.25, 0.3) is 0 Å². The number of hydrogen-bond donors (Lipinski definition) is 1. The monoisotopic (exact) mass is 212 g/mol. The van der Waals surface area contributed by atoms with E-state index in [4.69, 9.17) is 0 Å². The Balaban J connectivity index is 2.22. The van der Waals surface area contributed by atoms with Crippen molar-refractivity contribution in [2.24, 2.45) is 5.41 Å². The molecule has 0 atom stereocenters. The summed E-state index contributed by atoms with van der Waals surface area (Å²) in [7, 11) is 3.60.